The van der Waals surface area contributed by atoms with Gasteiger partial charge in [-0.05, 0) is 37.1 Å². The minimum absolute atomic E-state index is 0. The summed E-state index contributed by atoms with van der Waals surface area (Å²) in [6.07, 6.45) is 9.16. The van der Waals surface area contributed by atoms with Gasteiger partial charge in [0, 0.05) is 5.38 Å². The number of ether oxygens (including phenoxy) is 2. The van der Waals surface area contributed by atoms with Gasteiger partial charge in [-0.15, -0.1) is 12.4 Å². The number of rotatable bonds is 4. The number of halogens is 1. The molecular weight excluding hydrogens is 428 g/mol. The van der Waals surface area contributed by atoms with Gasteiger partial charge in [0.2, 0.25) is 0 Å². The van der Waals surface area contributed by atoms with Crippen molar-refractivity contribution < 1.29 is 23.9 Å². The number of hydrogen-bond acceptors (Lipinski definition) is 7. The number of nitrogens with two attached hydrogens (primary N) is 1. The van der Waals surface area contributed by atoms with Crippen molar-refractivity contribution in [2.24, 2.45) is 5.73 Å². The number of methoxy groups -OCH3 is 2. The molecule has 1 aromatic rings. The highest BCUT2D eigenvalue weighted by Gasteiger charge is 2.42. The van der Waals surface area contributed by atoms with Gasteiger partial charge in [-0.1, -0.05) is 38.5 Å². The number of carbonyl (C=O) groups is 3. The topological polar surface area (TPSA) is 108 Å². The van der Waals surface area contributed by atoms with E-state index < -0.39 is 11.1 Å². The van der Waals surface area contributed by atoms with Crippen LogP contribution in [-0.4, -0.2) is 43.1 Å². The first-order chi connectivity index (χ1) is 13.9. The SMILES string of the molecule is COC(=O)C1(N)CCCCC1.COC(=O)C1(NC(=O)c2ccsc2)CCCCC1.Cl. The minimum atomic E-state index is -0.827. The van der Waals surface area contributed by atoms with Crippen LogP contribution < -0.4 is 11.1 Å². The maximum Gasteiger partial charge on any atom is 0.331 e. The minimum Gasteiger partial charge on any atom is -0.468 e. The molecule has 7 nitrogen and oxygen atoms in total. The van der Waals surface area contributed by atoms with Crippen molar-refractivity contribution in [3.8, 4) is 0 Å². The van der Waals surface area contributed by atoms with Gasteiger partial charge < -0.3 is 20.5 Å². The molecular formula is C21H33ClN2O5S. The van der Waals surface area contributed by atoms with Crippen LogP contribution in [0.1, 0.15) is 74.6 Å². The zero-order valence-corrected chi connectivity index (χ0v) is 19.4. The van der Waals surface area contributed by atoms with Gasteiger partial charge in [-0.25, -0.2) is 4.79 Å². The van der Waals surface area contributed by atoms with Crippen molar-refractivity contribution in [1.29, 1.82) is 0 Å². The van der Waals surface area contributed by atoms with Crippen LogP contribution in [0.4, 0.5) is 0 Å². The Labute approximate surface area is 188 Å². The Bertz CT molecular complexity index is 684. The van der Waals surface area contributed by atoms with Crippen LogP contribution in [0.5, 0.6) is 0 Å². The standard InChI is InChI=1S/C13H17NO3S.C8H15NO2.ClH/c1-17-12(16)13(6-3-2-4-7-13)14-11(15)10-5-8-18-9-10;1-11-7(10)8(9)5-3-2-4-6-8;/h5,8-9H,2-4,6-7H2,1H3,(H,14,15);2-6,9H2,1H3;1H. The zero-order chi connectivity index (χ0) is 21.3. The summed E-state index contributed by atoms with van der Waals surface area (Å²) in [4.78, 5) is 35.2. The van der Waals surface area contributed by atoms with Gasteiger partial charge in [-0.2, -0.15) is 11.3 Å². The third-order valence-corrected chi connectivity index (χ3v) is 6.44. The lowest BCUT2D eigenvalue weighted by Gasteiger charge is -2.35. The first kappa shape index (κ1) is 26.4. The van der Waals surface area contributed by atoms with Crippen LogP contribution in [0.3, 0.4) is 0 Å². The maximum absolute atomic E-state index is 12.1. The van der Waals surface area contributed by atoms with E-state index in [4.69, 9.17) is 10.5 Å². The Morgan fingerprint density at radius 1 is 0.933 bits per heavy atom. The van der Waals surface area contributed by atoms with Crippen molar-refractivity contribution >= 4 is 41.6 Å². The molecule has 2 fully saturated rings. The second-order valence-electron chi connectivity index (χ2n) is 7.81. The van der Waals surface area contributed by atoms with Crippen LogP contribution in [0.25, 0.3) is 0 Å². The third-order valence-electron chi connectivity index (χ3n) is 5.76. The zero-order valence-electron chi connectivity index (χ0n) is 17.7. The number of nitrogens with one attached hydrogen (secondary N) is 1. The Hall–Kier alpha value is -1.64. The molecule has 0 aliphatic heterocycles. The molecule has 2 saturated carbocycles. The van der Waals surface area contributed by atoms with Crippen LogP contribution in [0.2, 0.25) is 0 Å². The number of hydrogen-bond donors (Lipinski definition) is 2. The highest BCUT2D eigenvalue weighted by atomic mass is 35.5. The molecule has 3 rings (SSSR count). The summed E-state index contributed by atoms with van der Waals surface area (Å²) in [5.41, 5.74) is 4.94. The number of amides is 1. The van der Waals surface area contributed by atoms with Crippen molar-refractivity contribution in [2.75, 3.05) is 14.2 Å². The number of carbonyl (C=O) groups excluding carboxylic acids is 3. The second-order valence-corrected chi connectivity index (χ2v) is 8.59. The molecule has 170 valence electrons. The summed E-state index contributed by atoms with van der Waals surface area (Å²) >= 11 is 1.47. The van der Waals surface area contributed by atoms with E-state index in [0.717, 1.165) is 44.9 Å². The molecule has 1 aromatic heterocycles. The molecule has 1 amide bonds. The van der Waals surface area contributed by atoms with E-state index in [1.807, 2.05) is 5.38 Å². The average Bonchev–Trinajstić information content (AvgIpc) is 3.29. The van der Waals surface area contributed by atoms with Gasteiger partial charge in [0.1, 0.15) is 11.1 Å². The molecule has 0 aromatic carbocycles. The lowest BCUT2D eigenvalue weighted by Crippen LogP contribution is -2.56. The highest BCUT2D eigenvalue weighted by molar-refractivity contribution is 7.08. The van der Waals surface area contributed by atoms with E-state index >= 15 is 0 Å². The number of esters is 2. The largest absolute Gasteiger partial charge is 0.468 e. The van der Waals surface area contributed by atoms with Gasteiger partial charge >= 0.3 is 11.9 Å². The van der Waals surface area contributed by atoms with Gasteiger partial charge in [0.25, 0.3) is 5.91 Å². The molecule has 0 spiro atoms. The molecule has 0 saturated heterocycles. The smallest absolute Gasteiger partial charge is 0.331 e. The van der Waals surface area contributed by atoms with Crippen molar-refractivity contribution in [3.63, 3.8) is 0 Å². The Balaban J connectivity index is 0.000000324. The summed E-state index contributed by atoms with van der Waals surface area (Å²) in [6, 6.07) is 1.76. The second kappa shape index (κ2) is 12.3. The lowest BCUT2D eigenvalue weighted by atomic mass is 9.81. The molecule has 9 heteroatoms. The summed E-state index contributed by atoms with van der Waals surface area (Å²) in [5.74, 6) is -0.772. The predicted molar refractivity (Wildman–Crippen MR) is 119 cm³/mol. The van der Waals surface area contributed by atoms with E-state index in [0.29, 0.717) is 18.4 Å². The van der Waals surface area contributed by atoms with Gasteiger partial charge in [-0.3, -0.25) is 9.59 Å². The fourth-order valence-corrected chi connectivity index (χ4v) is 4.64. The van der Waals surface area contributed by atoms with Crippen LogP contribution in [0, 0.1) is 0 Å². The first-order valence-corrected chi connectivity index (χ1v) is 11.1. The summed E-state index contributed by atoms with van der Waals surface area (Å²) in [7, 11) is 2.76. The quantitative estimate of drug-likeness (QED) is 0.664. The molecule has 1 heterocycles. The fraction of sp³-hybridized carbons (Fsp3) is 0.667. The van der Waals surface area contributed by atoms with Gasteiger partial charge in [0.15, 0.2) is 0 Å². The van der Waals surface area contributed by atoms with E-state index in [1.54, 1.807) is 11.4 Å². The van der Waals surface area contributed by atoms with Gasteiger partial charge in [0.05, 0.1) is 19.8 Å². The Kier molecular flexibility index (Phi) is 10.8. The normalized spacial score (nSPS) is 19.2. The van der Waals surface area contributed by atoms with E-state index in [1.165, 1.54) is 32.0 Å². The molecule has 0 radical (unpaired) electrons. The Morgan fingerprint density at radius 2 is 1.47 bits per heavy atom. The monoisotopic (exact) mass is 460 g/mol. The third kappa shape index (κ3) is 6.68. The summed E-state index contributed by atoms with van der Waals surface area (Å²) < 4.78 is 9.49. The average molecular weight is 461 g/mol. The van der Waals surface area contributed by atoms with E-state index in [2.05, 4.69) is 10.1 Å². The van der Waals surface area contributed by atoms with Crippen molar-refractivity contribution in [2.45, 2.75) is 75.3 Å². The number of thiophene rings is 1. The van der Waals surface area contributed by atoms with E-state index in [-0.39, 0.29) is 30.3 Å². The van der Waals surface area contributed by atoms with E-state index in [9.17, 15) is 14.4 Å². The fourth-order valence-electron chi connectivity index (χ4n) is 4.00. The first-order valence-electron chi connectivity index (χ1n) is 10.2. The van der Waals surface area contributed by atoms with Crippen LogP contribution >= 0.6 is 23.7 Å². The molecule has 2 aliphatic rings. The summed E-state index contributed by atoms with van der Waals surface area (Å²) in [5, 5.41) is 6.51. The molecule has 0 atom stereocenters. The van der Waals surface area contributed by atoms with Crippen molar-refractivity contribution in [3.05, 3.63) is 22.4 Å². The van der Waals surface area contributed by atoms with Crippen molar-refractivity contribution in [1.82, 2.24) is 5.32 Å². The maximum atomic E-state index is 12.1. The van der Waals surface area contributed by atoms with Crippen LogP contribution in [0.15, 0.2) is 16.8 Å². The molecule has 30 heavy (non-hydrogen) atoms. The predicted octanol–water partition coefficient (Wildman–Crippen LogP) is 3.60. The summed E-state index contributed by atoms with van der Waals surface area (Å²) in [6.45, 7) is 0. The molecule has 3 N–H and O–H groups in total. The molecule has 2 aliphatic carbocycles. The van der Waals surface area contributed by atoms with Crippen LogP contribution in [-0.2, 0) is 19.1 Å². The Morgan fingerprint density at radius 3 is 1.93 bits per heavy atom. The highest BCUT2D eigenvalue weighted by Crippen LogP contribution is 2.30. The molecule has 0 unspecified atom stereocenters. The molecule has 0 bridgehead atoms. The lowest BCUT2D eigenvalue weighted by molar-refractivity contribution is -0.150.